The van der Waals surface area contributed by atoms with Gasteiger partial charge in [-0.15, -0.1) is 4.40 Å². The van der Waals surface area contributed by atoms with Crippen LogP contribution < -0.4 is 4.74 Å². The van der Waals surface area contributed by atoms with Crippen LogP contribution in [-0.2, 0) is 10.0 Å². The van der Waals surface area contributed by atoms with Crippen LogP contribution in [0.3, 0.4) is 0 Å². The van der Waals surface area contributed by atoms with E-state index in [1.54, 1.807) is 0 Å². The van der Waals surface area contributed by atoms with E-state index in [1.165, 1.54) is 19.1 Å². The second-order valence-corrected chi connectivity index (χ2v) is 6.53. The Morgan fingerprint density at radius 2 is 1.77 bits per heavy atom. The van der Waals surface area contributed by atoms with Crippen molar-refractivity contribution in [1.82, 2.24) is 0 Å². The summed E-state index contributed by atoms with van der Waals surface area (Å²) in [5, 5.41) is -0.124. The lowest BCUT2D eigenvalue weighted by molar-refractivity contribution is 0.463. The minimum atomic E-state index is -3.89. The molecule has 4 nitrogen and oxygen atoms in total. The van der Waals surface area contributed by atoms with E-state index < -0.39 is 21.7 Å². The molecule has 0 aliphatic carbocycles. The number of sulfonamides is 1. The van der Waals surface area contributed by atoms with Crippen molar-refractivity contribution in [3.05, 3.63) is 53.1 Å². The zero-order chi connectivity index (χ0) is 16.1. The molecule has 0 bridgehead atoms. The van der Waals surface area contributed by atoms with Crippen LogP contribution >= 0.6 is 11.6 Å². The number of nitrogens with zero attached hydrogens (tertiary/aromatic N) is 1. The highest BCUT2D eigenvalue weighted by atomic mass is 35.5. The first-order valence-electron chi connectivity index (χ1n) is 6.06. The van der Waals surface area contributed by atoms with Gasteiger partial charge in [-0.1, -0.05) is 11.6 Å². The Kier molecular flexibility index (Phi) is 3.41. The zero-order valence-electron chi connectivity index (χ0n) is 11.1. The number of benzene rings is 2. The van der Waals surface area contributed by atoms with E-state index in [0.29, 0.717) is 6.07 Å². The molecule has 0 atom stereocenters. The van der Waals surface area contributed by atoms with Crippen molar-refractivity contribution in [1.29, 1.82) is 0 Å². The Labute approximate surface area is 130 Å². The van der Waals surface area contributed by atoms with Crippen LogP contribution in [0.25, 0.3) is 0 Å². The Bertz CT molecular complexity index is 906. The SMILES string of the molecule is Cc1c(Oc2cc(F)cc(F)c2)ccc2c1S(=O)(=O)N=C2Cl. The monoisotopic (exact) mass is 343 g/mol. The lowest BCUT2D eigenvalue weighted by Gasteiger charge is -2.11. The molecule has 0 unspecified atom stereocenters. The van der Waals surface area contributed by atoms with E-state index in [4.69, 9.17) is 16.3 Å². The summed E-state index contributed by atoms with van der Waals surface area (Å²) in [6.07, 6.45) is 0. The summed E-state index contributed by atoms with van der Waals surface area (Å²) in [5.74, 6) is -1.53. The van der Waals surface area contributed by atoms with E-state index in [1.807, 2.05) is 0 Å². The van der Waals surface area contributed by atoms with Gasteiger partial charge in [-0.05, 0) is 19.1 Å². The standard InChI is InChI=1S/C14H8ClF2NO3S/c1-7-12(21-10-5-8(16)4-9(17)6-10)3-2-11-13(7)22(19,20)18-14(11)15/h2-6H,1H3. The van der Waals surface area contributed by atoms with Gasteiger partial charge >= 0.3 is 0 Å². The summed E-state index contributed by atoms with van der Waals surface area (Å²) in [6.45, 7) is 1.51. The number of halogens is 3. The van der Waals surface area contributed by atoms with Gasteiger partial charge in [0.2, 0.25) is 0 Å². The van der Waals surface area contributed by atoms with Crippen molar-refractivity contribution in [2.45, 2.75) is 11.8 Å². The molecule has 1 aliphatic heterocycles. The zero-order valence-corrected chi connectivity index (χ0v) is 12.7. The van der Waals surface area contributed by atoms with Crippen molar-refractivity contribution in [2.24, 2.45) is 4.40 Å². The summed E-state index contributed by atoms with van der Waals surface area (Å²) in [5.41, 5.74) is 0.540. The summed E-state index contributed by atoms with van der Waals surface area (Å²) < 4.78 is 59.0. The molecule has 2 aromatic rings. The predicted molar refractivity (Wildman–Crippen MR) is 77.2 cm³/mol. The number of rotatable bonds is 2. The van der Waals surface area contributed by atoms with Crippen LogP contribution in [0, 0.1) is 18.6 Å². The molecule has 0 radical (unpaired) electrons. The van der Waals surface area contributed by atoms with Gasteiger partial charge in [0.1, 0.15) is 28.0 Å². The van der Waals surface area contributed by atoms with Gasteiger partial charge in [-0.2, -0.15) is 8.42 Å². The Hall–Kier alpha value is -1.99. The minimum absolute atomic E-state index is 0.0631. The molecule has 0 aromatic heterocycles. The van der Waals surface area contributed by atoms with Crippen LogP contribution in [0.5, 0.6) is 11.5 Å². The molecule has 2 aromatic carbocycles. The van der Waals surface area contributed by atoms with E-state index in [-0.39, 0.29) is 32.7 Å². The van der Waals surface area contributed by atoms with E-state index in [9.17, 15) is 17.2 Å². The molecule has 0 saturated carbocycles. The molecule has 0 fully saturated rings. The van der Waals surface area contributed by atoms with Gasteiger partial charge in [0.05, 0.1) is 0 Å². The predicted octanol–water partition coefficient (Wildman–Crippen LogP) is 3.75. The molecule has 8 heteroatoms. The van der Waals surface area contributed by atoms with E-state index in [0.717, 1.165) is 12.1 Å². The van der Waals surface area contributed by atoms with E-state index >= 15 is 0 Å². The second kappa shape index (κ2) is 5.03. The number of ether oxygens (including phenoxy) is 1. The molecule has 1 heterocycles. The quantitative estimate of drug-likeness (QED) is 0.834. The summed E-state index contributed by atoms with van der Waals surface area (Å²) in [4.78, 5) is -0.0631. The topological polar surface area (TPSA) is 55.7 Å². The smallest absolute Gasteiger partial charge is 0.284 e. The maximum absolute atomic E-state index is 13.2. The average Bonchev–Trinajstić information content (AvgIpc) is 2.62. The minimum Gasteiger partial charge on any atom is -0.457 e. The second-order valence-electron chi connectivity index (χ2n) is 4.63. The number of hydrogen-bond donors (Lipinski definition) is 0. The van der Waals surface area contributed by atoms with Gasteiger partial charge in [0.25, 0.3) is 10.0 Å². The molecule has 0 amide bonds. The number of hydrogen-bond acceptors (Lipinski definition) is 3. The highest BCUT2D eigenvalue weighted by Crippen LogP contribution is 2.37. The lowest BCUT2D eigenvalue weighted by Crippen LogP contribution is -2.00. The first-order chi connectivity index (χ1) is 10.3. The van der Waals surface area contributed by atoms with Crippen LogP contribution in [0.1, 0.15) is 11.1 Å². The molecular weight excluding hydrogens is 336 g/mol. The Balaban J connectivity index is 2.08. The van der Waals surface area contributed by atoms with Gasteiger partial charge in [0, 0.05) is 29.3 Å². The van der Waals surface area contributed by atoms with Crippen LogP contribution in [0.15, 0.2) is 39.6 Å². The molecule has 0 spiro atoms. The van der Waals surface area contributed by atoms with Gasteiger partial charge < -0.3 is 4.74 Å². The molecule has 0 N–H and O–H groups in total. The third-order valence-corrected chi connectivity index (χ3v) is 4.95. The summed E-state index contributed by atoms with van der Waals surface area (Å²) >= 11 is 5.78. The average molecular weight is 344 g/mol. The molecular formula is C14H8ClF2NO3S. The fourth-order valence-corrected chi connectivity index (χ4v) is 4.01. The van der Waals surface area contributed by atoms with Crippen LogP contribution in [0.4, 0.5) is 8.78 Å². The normalized spacial score (nSPS) is 15.4. The third-order valence-electron chi connectivity index (χ3n) is 3.10. The summed E-state index contributed by atoms with van der Waals surface area (Å²) in [6, 6.07) is 5.60. The Morgan fingerprint density at radius 1 is 1.14 bits per heavy atom. The summed E-state index contributed by atoms with van der Waals surface area (Å²) in [7, 11) is -3.89. The van der Waals surface area contributed by atoms with Gasteiger partial charge in [-0.3, -0.25) is 0 Å². The first kappa shape index (κ1) is 14.9. The van der Waals surface area contributed by atoms with Crippen LogP contribution in [-0.4, -0.2) is 13.6 Å². The van der Waals surface area contributed by atoms with Crippen LogP contribution in [0.2, 0.25) is 0 Å². The highest BCUT2D eigenvalue weighted by Gasteiger charge is 2.31. The van der Waals surface area contributed by atoms with Gasteiger partial charge in [-0.25, -0.2) is 8.78 Å². The maximum Gasteiger partial charge on any atom is 0.284 e. The lowest BCUT2D eigenvalue weighted by atomic mass is 10.1. The van der Waals surface area contributed by atoms with Crippen molar-refractivity contribution >= 4 is 26.8 Å². The van der Waals surface area contributed by atoms with Crippen molar-refractivity contribution in [3.63, 3.8) is 0 Å². The molecule has 3 rings (SSSR count). The Morgan fingerprint density at radius 3 is 2.41 bits per heavy atom. The van der Waals surface area contributed by atoms with Crippen molar-refractivity contribution in [2.75, 3.05) is 0 Å². The molecule has 114 valence electrons. The third kappa shape index (κ3) is 2.46. The molecule has 1 aliphatic rings. The molecule has 0 saturated heterocycles. The van der Waals surface area contributed by atoms with Crippen molar-refractivity contribution in [3.8, 4) is 11.5 Å². The maximum atomic E-state index is 13.2. The van der Waals surface area contributed by atoms with Crippen molar-refractivity contribution < 1.29 is 21.9 Å². The molecule has 22 heavy (non-hydrogen) atoms. The van der Waals surface area contributed by atoms with Gasteiger partial charge in [0.15, 0.2) is 5.17 Å². The fraction of sp³-hybridized carbons (Fsp3) is 0.0714. The number of fused-ring (bicyclic) bond motifs is 1. The largest absolute Gasteiger partial charge is 0.457 e. The highest BCUT2D eigenvalue weighted by molar-refractivity contribution is 7.91. The van der Waals surface area contributed by atoms with E-state index in [2.05, 4.69) is 4.40 Å². The first-order valence-corrected chi connectivity index (χ1v) is 7.88. The fourth-order valence-electron chi connectivity index (χ4n) is 2.19.